The summed E-state index contributed by atoms with van der Waals surface area (Å²) in [6, 6.07) is 16.4. The number of para-hydroxylation sites is 1. The maximum absolute atomic E-state index is 12.4. The van der Waals surface area contributed by atoms with Gasteiger partial charge in [-0.25, -0.2) is 13.4 Å². The van der Waals surface area contributed by atoms with Crippen molar-refractivity contribution < 1.29 is 13.2 Å². The van der Waals surface area contributed by atoms with Crippen LogP contribution in [-0.2, 0) is 16.4 Å². The van der Waals surface area contributed by atoms with E-state index in [1.807, 2.05) is 31.2 Å². The number of ether oxygens (including phenoxy) is 1. The number of nitrogens with zero attached hydrogens (tertiary/aromatic N) is 1. The summed E-state index contributed by atoms with van der Waals surface area (Å²) in [4.78, 5) is 4.94. The molecule has 1 aliphatic rings. The zero-order valence-corrected chi connectivity index (χ0v) is 20.4. The first kappa shape index (κ1) is 24.5. The highest BCUT2D eigenvalue weighted by Crippen LogP contribution is 2.30. The minimum atomic E-state index is -3.32. The quantitative estimate of drug-likeness (QED) is 0.272. The Morgan fingerprint density at radius 1 is 1.07 bits per heavy atom. The average molecular weight is 543 g/mol. The minimum absolute atomic E-state index is 0. The van der Waals surface area contributed by atoms with Crippen LogP contribution in [0.25, 0.3) is 0 Å². The average Bonchev–Trinajstić information content (AvgIpc) is 3.56. The molecule has 3 rings (SSSR count). The fourth-order valence-electron chi connectivity index (χ4n) is 2.82. The van der Waals surface area contributed by atoms with E-state index in [2.05, 4.69) is 15.6 Å². The predicted octanol–water partition coefficient (Wildman–Crippen LogP) is 3.62. The third-order valence-electron chi connectivity index (χ3n) is 4.66. The first-order valence-electron chi connectivity index (χ1n) is 10.1. The van der Waals surface area contributed by atoms with Gasteiger partial charge in [-0.05, 0) is 43.9 Å². The van der Waals surface area contributed by atoms with Gasteiger partial charge < -0.3 is 15.4 Å². The first-order valence-corrected chi connectivity index (χ1v) is 11.7. The summed E-state index contributed by atoms with van der Waals surface area (Å²) in [5, 5.41) is 6.28. The van der Waals surface area contributed by atoms with Crippen molar-refractivity contribution >= 4 is 39.8 Å². The van der Waals surface area contributed by atoms with E-state index in [-0.39, 0.29) is 36.3 Å². The van der Waals surface area contributed by atoms with E-state index in [4.69, 9.17) is 4.74 Å². The second-order valence-electron chi connectivity index (χ2n) is 7.12. The number of nitrogens with one attached hydrogen (secondary N) is 2. The standard InChI is InChI=1S/C22H29N3O3S.HI/c1-2-23-22(24-14-15-29(26,27)20-9-4-3-5-10-20)25-16-19-8-6-7-11-21(19)28-17-18-12-13-18;/h3-11,18H,2,12-17H2,1H3,(H2,23,24,25);1H. The summed E-state index contributed by atoms with van der Waals surface area (Å²) in [7, 11) is -3.32. The lowest BCUT2D eigenvalue weighted by Gasteiger charge is -2.13. The smallest absolute Gasteiger partial charge is 0.191 e. The van der Waals surface area contributed by atoms with Crippen molar-refractivity contribution in [2.45, 2.75) is 31.2 Å². The maximum atomic E-state index is 12.4. The van der Waals surface area contributed by atoms with Crippen LogP contribution in [0.1, 0.15) is 25.3 Å². The summed E-state index contributed by atoms with van der Waals surface area (Å²) >= 11 is 0. The molecular formula is C22H30IN3O3S. The topological polar surface area (TPSA) is 79.8 Å². The number of hydrogen-bond donors (Lipinski definition) is 2. The molecule has 6 nitrogen and oxygen atoms in total. The molecule has 1 fully saturated rings. The van der Waals surface area contributed by atoms with E-state index >= 15 is 0 Å². The van der Waals surface area contributed by atoms with Crippen LogP contribution in [0.3, 0.4) is 0 Å². The molecule has 0 radical (unpaired) electrons. The van der Waals surface area contributed by atoms with Gasteiger partial charge in [0.25, 0.3) is 0 Å². The molecule has 0 aliphatic heterocycles. The second-order valence-corrected chi connectivity index (χ2v) is 9.23. The third kappa shape index (κ3) is 7.79. The van der Waals surface area contributed by atoms with Crippen LogP contribution in [0.4, 0.5) is 0 Å². The van der Waals surface area contributed by atoms with Gasteiger partial charge in [-0.1, -0.05) is 36.4 Å². The van der Waals surface area contributed by atoms with Crippen molar-refractivity contribution in [3.05, 3.63) is 60.2 Å². The van der Waals surface area contributed by atoms with Crippen molar-refractivity contribution in [2.24, 2.45) is 10.9 Å². The Balaban J connectivity index is 0.00000320. The molecule has 0 unspecified atom stereocenters. The van der Waals surface area contributed by atoms with Gasteiger partial charge in [-0.2, -0.15) is 0 Å². The molecule has 1 aliphatic carbocycles. The summed E-state index contributed by atoms with van der Waals surface area (Å²) in [5.41, 5.74) is 1.02. The van der Waals surface area contributed by atoms with Crippen LogP contribution in [0.15, 0.2) is 64.5 Å². The Hall–Kier alpha value is -1.81. The molecule has 0 amide bonds. The molecule has 0 atom stereocenters. The van der Waals surface area contributed by atoms with Crippen molar-refractivity contribution in [1.29, 1.82) is 0 Å². The van der Waals surface area contributed by atoms with E-state index in [0.717, 1.165) is 17.9 Å². The van der Waals surface area contributed by atoms with Crippen LogP contribution in [0.5, 0.6) is 5.75 Å². The van der Waals surface area contributed by atoms with Gasteiger partial charge in [0, 0.05) is 18.7 Å². The number of sulfone groups is 1. The van der Waals surface area contributed by atoms with E-state index < -0.39 is 9.84 Å². The predicted molar refractivity (Wildman–Crippen MR) is 131 cm³/mol. The van der Waals surface area contributed by atoms with Crippen molar-refractivity contribution in [2.75, 3.05) is 25.4 Å². The zero-order valence-electron chi connectivity index (χ0n) is 17.2. The van der Waals surface area contributed by atoms with E-state index in [9.17, 15) is 8.42 Å². The van der Waals surface area contributed by atoms with Crippen molar-refractivity contribution in [3.63, 3.8) is 0 Å². The van der Waals surface area contributed by atoms with E-state index in [1.165, 1.54) is 12.8 Å². The molecule has 30 heavy (non-hydrogen) atoms. The number of guanidine groups is 1. The maximum Gasteiger partial charge on any atom is 0.191 e. The van der Waals surface area contributed by atoms with Crippen LogP contribution in [0.2, 0.25) is 0 Å². The molecule has 0 bridgehead atoms. The molecule has 8 heteroatoms. The molecular weight excluding hydrogens is 513 g/mol. The van der Waals surface area contributed by atoms with Gasteiger partial charge in [0.05, 0.1) is 23.8 Å². The van der Waals surface area contributed by atoms with E-state index in [1.54, 1.807) is 30.3 Å². The summed E-state index contributed by atoms with van der Waals surface area (Å²) in [6.45, 7) is 4.17. The van der Waals surface area contributed by atoms with Crippen LogP contribution < -0.4 is 15.4 Å². The van der Waals surface area contributed by atoms with Gasteiger partial charge >= 0.3 is 0 Å². The second kappa shape index (κ2) is 12.1. The van der Waals surface area contributed by atoms with Gasteiger partial charge in [0.15, 0.2) is 15.8 Å². The molecule has 0 heterocycles. The molecule has 2 N–H and O–H groups in total. The summed E-state index contributed by atoms with van der Waals surface area (Å²) in [5.74, 6) is 2.15. The van der Waals surface area contributed by atoms with Gasteiger partial charge in [0.1, 0.15) is 5.75 Å². The van der Waals surface area contributed by atoms with Crippen LogP contribution in [-0.4, -0.2) is 39.8 Å². The lowest BCUT2D eigenvalue weighted by atomic mass is 10.2. The number of benzene rings is 2. The molecule has 0 aromatic heterocycles. The van der Waals surface area contributed by atoms with Crippen molar-refractivity contribution in [1.82, 2.24) is 10.6 Å². The third-order valence-corrected chi connectivity index (χ3v) is 6.39. The Morgan fingerprint density at radius 2 is 1.77 bits per heavy atom. The summed E-state index contributed by atoms with van der Waals surface area (Å²) in [6.07, 6.45) is 2.50. The zero-order chi connectivity index (χ0) is 20.5. The normalized spacial score (nSPS) is 14.0. The highest BCUT2D eigenvalue weighted by Gasteiger charge is 2.22. The molecule has 1 saturated carbocycles. The first-order chi connectivity index (χ1) is 14.1. The Morgan fingerprint density at radius 3 is 2.47 bits per heavy atom. The SMILES string of the molecule is CCNC(=NCc1ccccc1OCC1CC1)NCCS(=O)(=O)c1ccccc1.I. The number of aliphatic imine (C=N–C) groups is 1. The van der Waals surface area contributed by atoms with Crippen LogP contribution in [0, 0.1) is 5.92 Å². The minimum Gasteiger partial charge on any atom is -0.493 e. The fourth-order valence-corrected chi connectivity index (χ4v) is 4.00. The van der Waals surface area contributed by atoms with Gasteiger partial charge in [-0.3, -0.25) is 0 Å². The van der Waals surface area contributed by atoms with Gasteiger partial charge in [-0.15, -0.1) is 24.0 Å². The highest BCUT2D eigenvalue weighted by atomic mass is 127. The van der Waals surface area contributed by atoms with Gasteiger partial charge in [0.2, 0.25) is 0 Å². The van der Waals surface area contributed by atoms with E-state index in [0.29, 0.717) is 29.9 Å². The molecule has 164 valence electrons. The number of rotatable bonds is 10. The Kier molecular flexibility index (Phi) is 9.90. The number of halogens is 1. The Labute approximate surface area is 196 Å². The molecule has 2 aromatic carbocycles. The number of hydrogen-bond acceptors (Lipinski definition) is 4. The van der Waals surface area contributed by atoms with Crippen LogP contribution >= 0.6 is 24.0 Å². The lowest BCUT2D eigenvalue weighted by Crippen LogP contribution is -2.39. The van der Waals surface area contributed by atoms with Crippen molar-refractivity contribution in [3.8, 4) is 5.75 Å². The molecule has 0 spiro atoms. The molecule has 2 aromatic rings. The summed E-state index contributed by atoms with van der Waals surface area (Å²) < 4.78 is 30.8. The fraction of sp³-hybridized carbons (Fsp3) is 0.409. The lowest BCUT2D eigenvalue weighted by molar-refractivity contribution is 0.297. The Bertz CT molecular complexity index is 916. The highest BCUT2D eigenvalue weighted by molar-refractivity contribution is 14.0. The monoisotopic (exact) mass is 543 g/mol. The molecule has 0 saturated heterocycles. The largest absolute Gasteiger partial charge is 0.493 e.